The van der Waals surface area contributed by atoms with Crippen LogP contribution in [0.3, 0.4) is 0 Å². The summed E-state index contributed by atoms with van der Waals surface area (Å²) in [4.78, 5) is 14.6. The van der Waals surface area contributed by atoms with Crippen molar-refractivity contribution in [2.75, 3.05) is 18.0 Å². The highest BCUT2D eigenvalue weighted by Gasteiger charge is 2.29. The van der Waals surface area contributed by atoms with Gasteiger partial charge in [-0.1, -0.05) is 13.8 Å². The van der Waals surface area contributed by atoms with Crippen molar-refractivity contribution in [2.24, 2.45) is 11.7 Å². The number of hydrogen-bond donors (Lipinski definition) is 1. The maximum atomic E-state index is 12.2. The van der Waals surface area contributed by atoms with E-state index in [4.69, 9.17) is 10.5 Å². The van der Waals surface area contributed by atoms with Gasteiger partial charge in [-0.15, -0.1) is 0 Å². The highest BCUT2D eigenvalue weighted by atomic mass is 16.5. The van der Waals surface area contributed by atoms with Gasteiger partial charge in [0, 0.05) is 18.0 Å². The van der Waals surface area contributed by atoms with Crippen LogP contribution in [0.15, 0.2) is 18.2 Å². The quantitative estimate of drug-likeness (QED) is 0.820. The van der Waals surface area contributed by atoms with E-state index in [1.807, 2.05) is 18.2 Å². The van der Waals surface area contributed by atoms with E-state index < -0.39 is 0 Å². The highest BCUT2D eigenvalue weighted by Crippen LogP contribution is 2.37. The van der Waals surface area contributed by atoms with E-state index in [-0.39, 0.29) is 11.9 Å². The zero-order valence-electron chi connectivity index (χ0n) is 14.1. The number of ether oxygens (including phenoxy) is 1. The molecule has 0 radical (unpaired) electrons. The lowest BCUT2D eigenvalue weighted by Gasteiger charge is -2.40. The standard InChI is InChI=1S/C18H28N2O2/c1-12(2)18-11-20(13(3)4)15-10-14(7-8-17(15)22-18)16(21)6-5-9-19/h7-8,10,12-13,18H,5-6,9,11,19H2,1-4H3. The monoisotopic (exact) mass is 304 g/mol. The van der Waals surface area contributed by atoms with E-state index in [2.05, 4.69) is 32.6 Å². The molecule has 4 heteroatoms. The summed E-state index contributed by atoms with van der Waals surface area (Å²) in [7, 11) is 0. The third-order valence-electron chi connectivity index (χ3n) is 4.22. The molecule has 1 aromatic rings. The molecule has 1 atom stereocenters. The second kappa shape index (κ2) is 7.14. The van der Waals surface area contributed by atoms with Crippen LogP contribution >= 0.6 is 0 Å². The summed E-state index contributed by atoms with van der Waals surface area (Å²) >= 11 is 0. The van der Waals surface area contributed by atoms with Crippen LogP contribution in [-0.2, 0) is 0 Å². The lowest BCUT2D eigenvalue weighted by molar-refractivity contribution is 0.0980. The fraction of sp³-hybridized carbons (Fsp3) is 0.611. The molecule has 122 valence electrons. The summed E-state index contributed by atoms with van der Waals surface area (Å²) in [5.41, 5.74) is 7.28. The Morgan fingerprint density at radius 3 is 2.68 bits per heavy atom. The van der Waals surface area contributed by atoms with Crippen molar-refractivity contribution in [3.05, 3.63) is 23.8 Å². The Bertz CT molecular complexity index is 526. The van der Waals surface area contributed by atoms with E-state index in [0.717, 1.165) is 30.0 Å². The summed E-state index contributed by atoms with van der Waals surface area (Å²) in [5.74, 6) is 1.50. The number of carbonyl (C=O) groups excluding carboxylic acids is 1. The first kappa shape index (κ1) is 16.8. The van der Waals surface area contributed by atoms with E-state index in [1.165, 1.54) is 0 Å². The average Bonchev–Trinajstić information content (AvgIpc) is 2.50. The van der Waals surface area contributed by atoms with Crippen LogP contribution < -0.4 is 15.4 Å². The maximum Gasteiger partial charge on any atom is 0.163 e. The molecule has 22 heavy (non-hydrogen) atoms. The third kappa shape index (κ3) is 3.61. The van der Waals surface area contributed by atoms with Crippen molar-refractivity contribution in [1.82, 2.24) is 0 Å². The SMILES string of the molecule is CC(C)C1CN(C(C)C)c2cc(C(=O)CCCN)ccc2O1. The van der Waals surface area contributed by atoms with Crippen molar-refractivity contribution in [2.45, 2.75) is 52.7 Å². The van der Waals surface area contributed by atoms with Crippen LogP contribution in [0.1, 0.15) is 50.9 Å². The minimum atomic E-state index is 0.155. The smallest absolute Gasteiger partial charge is 0.163 e. The lowest BCUT2D eigenvalue weighted by atomic mass is 10.0. The van der Waals surface area contributed by atoms with Crippen molar-refractivity contribution >= 4 is 11.5 Å². The zero-order chi connectivity index (χ0) is 16.3. The Hall–Kier alpha value is -1.55. The van der Waals surface area contributed by atoms with Gasteiger partial charge in [0.1, 0.15) is 11.9 Å². The number of anilines is 1. The average molecular weight is 304 g/mol. The molecule has 0 aliphatic carbocycles. The molecule has 2 N–H and O–H groups in total. The van der Waals surface area contributed by atoms with Gasteiger partial charge in [-0.2, -0.15) is 0 Å². The lowest BCUT2D eigenvalue weighted by Crippen LogP contribution is -2.45. The minimum absolute atomic E-state index is 0.155. The Balaban J connectivity index is 2.30. The summed E-state index contributed by atoms with van der Waals surface area (Å²) in [6.45, 7) is 10.1. The number of benzene rings is 1. The van der Waals surface area contributed by atoms with Crippen molar-refractivity contribution < 1.29 is 9.53 Å². The molecular formula is C18H28N2O2. The molecule has 0 aromatic heterocycles. The highest BCUT2D eigenvalue weighted by molar-refractivity contribution is 5.97. The van der Waals surface area contributed by atoms with Crippen LogP contribution in [-0.4, -0.2) is 31.0 Å². The van der Waals surface area contributed by atoms with E-state index in [1.54, 1.807) is 0 Å². The third-order valence-corrected chi connectivity index (χ3v) is 4.22. The van der Waals surface area contributed by atoms with Crippen LogP contribution in [0.25, 0.3) is 0 Å². The fourth-order valence-electron chi connectivity index (χ4n) is 2.75. The number of hydrogen-bond acceptors (Lipinski definition) is 4. The molecule has 0 saturated heterocycles. The van der Waals surface area contributed by atoms with E-state index >= 15 is 0 Å². The van der Waals surface area contributed by atoms with Gasteiger partial charge in [0.25, 0.3) is 0 Å². The largest absolute Gasteiger partial charge is 0.486 e. The maximum absolute atomic E-state index is 12.2. The number of ketones is 1. The summed E-state index contributed by atoms with van der Waals surface area (Å²) in [6.07, 6.45) is 1.43. The Morgan fingerprint density at radius 1 is 1.36 bits per heavy atom. The first-order valence-corrected chi connectivity index (χ1v) is 8.24. The van der Waals surface area contributed by atoms with Gasteiger partial charge in [-0.3, -0.25) is 4.79 Å². The molecule has 1 aromatic carbocycles. The van der Waals surface area contributed by atoms with Gasteiger partial charge < -0.3 is 15.4 Å². The Labute approximate surface area is 133 Å². The summed E-state index contributed by atoms with van der Waals surface area (Å²) in [6, 6.07) is 6.16. The Kier molecular flexibility index (Phi) is 5.46. The molecule has 2 rings (SSSR count). The van der Waals surface area contributed by atoms with Gasteiger partial charge >= 0.3 is 0 Å². The van der Waals surface area contributed by atoms with Gasteiger partial charge in [0.05, 0.1) is 12.2 Å². The van der Waals surface area contributed by atoms with Gasteiger partial charge in [-0.05, 0) is 50.9 Å². The van der Waals surface area contributed by atoms with E-state index in [9.17, 15) is 4.79 Å². The summed E-state index contributed by atoms with van der Waals surface area (Å²) in [5, 5.41) is 0. The van der Waals surface area contributed by atoms with Gasteiger partial charge in [-0.25, -0.2) is 0 Å². The molecular weight excluding hydrogens is 276 g/mol. The molecule has 0 saturated carbocycles. The number of fused-ring (bicyclic) bond motifs is 1. The van der Waals surface area contributed by atoms with Crippen molar-refractivity contribution in [1.29, 1.82) is 0 Å². The molecule has 1 aliphatic rings. The molecule has 0 amide bonds. The number of nitrogens with zero attached hydrogens (tertiary/aromatic N) is 1. The first-order chi connectivity index (χ1) is 10.4. The molecule has 1 heterocycles. The summed E-state index contributed by atoms with van der Waals surface area (Å²) < 4.78 is 6.12. The fourth-order valence-corrected chi connectivity index (χ4v) is 2.75. The number of rotatable bonds is 6. The predicted octanol–water partition coefficient (Wildman–Crippen LogP) is 3.24. The number of Topliss-reactive ketones (excluding diaryl/α,β-unsaturated/α-hetero) is 1. The minimum Gasteiger partial charge on any atom is -0.486 e. The Morgan fingerprint density at radius 2 is 2.09 bits per heavy atom. The van der Waals surface area contributed by atoms with Crippen LogP contribution in [0, 0.1) is 5.92 Å². The van der Waals surface area contributed by atoms with Gasteiger partial charge in [0.2, 0.25) is 0 Å². The molecule has 1 aliphatic heterocycles. The normalized spacial score (nSPS) is 17.6. The van der Waals surface area contributed by atoms with Crippen molar-refractivity contribution in [3.8, 4) is 5.75 Å². The molecule has 0 spiro atoms. The zero-order valence-corrected chi connectivity index (χ0v) is 14.1. The number of carbonyl (C=O) groups is 1. The molecule has 0 fully saturated rings. The molecule has 1 unspecified atom stereocenters. The van der Waals surface area contributed by atoms with Crippen LogP contribution in [0.2, 0.25) is 0 Å². The van der Waals surface area contributed by atoms with Crippen LogP contribution in [0.4, 0.5) is 5.69 Å². The molecule has 4 nitrogen and oxygen atoms in total. The predicted molar refractivity (Wildman–Crippen MR) is 90.8 cm³/mol. The topological polar surface area (TPSA) is 55.6 Å². The van der Waals surface area contributed by atoms with Crippen molar-refractivity contribution in [3.63, 3.8) is 0 Å². The van der Waals surface area contributed by atoms with Gasteiger partial charge in [0.15, 0.2) is 5.78 Å². The number of nitrogens with two attached hydrogens (primary N) is 1. The second-order valence-electron chi connectivity index (χ2n) is 6.64. The first-order valence-electron chi connectivity index (χ1n) is 8.24. The van der Waals surface area contributed by atoms with Crippen LogP contribution in [0.5, 0.6) is 5.75 Å². The second-order valence-corrected chi connectivity index (χ2v) is 6.64. The van der Waals surface area contributed by atoms with E-state index in [0.29, 0.717) is 24.9 Å². The molecule has 0 bridgehead atoms.